The van der Waals surface area contributed by atoms with E-state index in [1.54, 1.807) is 30.5 Å². The lowest BCUT2D eigenvalue weighted by molar-refractivity contribution is -0.113. The second-order valence-corrected chi connectivity index (χ2v) is 7.66. The van der Waals surface area contributed by atoms with Gasteiger partial charge >= 0.3 is 0 Å². The molecule has 0 spiro atoms. The number of benzene rings is 2. The number of para-hydroxylation sites is 1. The molecule has 0 saturated carbocycles. The smallest absolute Gasteiger partial charge is 0.286 e. The van der Waals surface area contributed by atoms with Crippen molar-refractivity contribution in [3.63, 3.8) is 0 Å². The number of carbonyl (C=O) groups excluding carboxylic acids is 1. The number of nitrogens with one attached hydrogen (secondary N) is 1. The zero-order valence-electron chi connectivity index (χ0n) is 14.0. The highest BCUT2D eigenvalue weighted by Gasteiger charge is 2.23. The van der Waals surface area contributed by atoms with E-state index in [2.05, 4.69) is 20.3 Å². The van der Waals surface area contributed by atoms with Crippen LogP contribution in [0.5, 0.6) is 0 Å². The Hall–Kier alpha value is -2.41. The van der Waals surface area contributed by atoms with Gasteiger partial charge in [-0.2, -0.15) is 4.99 Å². The van der Waals surface area contributed by atoms with Crippen LogP contribution >= 0.6 is 35.0 Å². The minimum absolute atomic E-state index is 0.318. The Kier molecular flexibility index (Phi) is 4.86. The third kappa shape index (κ3) is 3.83. The number of anilines is 1. The zero-order chi connectivity index (χ0) is 19.0. The standard InChI is InChI=1S/C19H12Cl2N4OS/c1-10-9-22-14-6-5-11(7-15(14)23-10)8-16-18(26)25-19(27-16)24-17-12(20)3-2-4-13(17)21/h2-9H,1H3,(H,24,25,26)/b16-8+. The van der Waals surface area contributed by atoms with Crippen LogP contribution < -0.4 is 5.32 Å². The molecule has 0 bridgehead atoms. The second-order valence-electron chi connectivity index (χ2n) is 5.81. The number of fused-ring (bicyclic) bond motifs is 1. The second kappa shape index (κ2) is 7.31. The van der Waals surface area contributed by atoms with Crippen LogP contribution in [0, 0.1) is 6.92 Å². The molecular weight excluding hydrogens is 403 g/mol. The zero-order valence-corrected chi connectivity index (χ0v) is 16.4. The number of rotatable bonds is 2. The van der Waals surface area contributed by atoms with Gasteiger partial charge in [-0.1, -0.05) is 35.3 Å². The molecule has 2 heterocycles. The van der Waals surface area contributed by atoms with E-state index in [1.807, 2.05) is 25.1 Å². The summed E-state index contributed by atoms with van der Waals surface area (Å²) in [5.41, 5.74) is 3.80. The summed E-state index contributed by atoms with van der Waals surface area (Å²) in [6, 6.07) is 10.8. The highest BCUT2D eigenvalue weighted by Crippen LogP contribution is 2.34. The lowest BCUT2D eigenvalue weighted by Gasteiger charge is -2.08. The van der Waals surface area contributed by atoms with Gasteiger partial charge in [0.15, 0.2) is 5.17 Å². The number of halogens is 2. The number of amidine groups is 1. The normalized spacial score (nSPS) is 15.4. The Labute approximate surface area is 169 Å². The van der Waals surface area contributed by atoms with Crippen LogP contribution in [0.3, 0.4) is 0 Å². The highest BCUT2D eigenvalue weighted by molar-refractivity contribution is 8.18. The lowest BCUT2D eigenvalue weighted by atomic mass is 10.1. The first-order valence-corrected chi connectivity index (χ1v) is 9.54. The molecule has 27 heavy (non-hydrogen) atoms. The van der Waals surface area contributed by atoms with Gasteiger partial charge in [0.2, 0.25) is 0 Å². The first kappa shape index (κ1) is 18.0. The van der Waals surface area contributed by atoms with E-state index >= 15 is 0 Å². The van der Waals surface area contributed by atoms with Crippen LogP contribution in [0.2, 0.25) is 10.0 Å². The summed E-state index contributed by atoms with van der Waals surface area (Å²) in [5.74, 6) is -0.318. The number of aryl methyl sites for hydroxylation is 1. The molecule has 0 aliphatic carbocycles. The maximum atomic E-state index is 12.3. The quantitative estimate of drug-likeness (QED) is 0.574. The number of aliphatic imine (C=N–C) groups is 1. The maximum absolute atomic E-state index is 12.3. The maximum Gasteiger partial charge on any atom is 0.286 e. The van der Waals surface area contributed by atoms with Gasteiger partial charge in [-0.05, 0) is 54.6 Å². The topological polar surface area (TPSA) is 67.2 Å². The van der Waals surface area contributed by atoms with E-state index in [9.17, 15) is 4.79 Å². The van der Waals surface area contributed by atoms with Crippen molar-refractivity contribution in [2.24, 2.45) is 4.99 Å². The molecule has 8 heteroatoms. The molecule has 0 radical (unpaired) electrons. The summed E-state index contributed by atoms with van der Waals surface area (Å²) >= 11 is 13.5. The van der Waals surface area contributed by atoms with Crippen molar-refractivity contribution in [3.05, 3.63) is 68.8 Å². The molecule has 1 N–H and O–H groups in total. The van der Waals surface area contributed by atoms with Crippen LogP contribution in [-0.4, -0.2) is 21.0 Å². The summed E-state index contributed by atoms with van der Waals surface area (Å²) in [4.78, 5) is 25.6. The first-order chi connectivity index (χ1) is 13.0. The SMILES string of the molecule is Cc1cnc2ccc(/C=C3/SC(Nc4c(Cl)cccc4Cl)=NC3=O)cc2n1. The molecule has 1 aromatic heterocycles. The molecule has 0 saturated heterocycles. The first-order valence-electron chi connectivity index (χ1n) is 7.96. The summed E-state index contributed by atoms with van der Waals surface area (Å²) in [5, 5.41) is 4.37. The van der Waals surface area contributed by atoms with Crippen molar-refractivity contribution < 1.29 is 4.79 Å². The van der Waals surface area contributed by atoms with Crippen molar-refractivity contribution >= 4 is 68.8 Å². The number of thioether (sulfide) groups is 1. The third-order valence-electron chi connectivity index (χ3n) is 3.80. The Bertz CT molecular complexity index is 1120. The van der Waals surface area contributed by atoms with E-state index in [-0.39, 0.29) is 5.91 Å². The Morgan fingerprint density at radius 1 is 1.11 bits per heavy atom. The molecule has 0 atom stereocenters. The molecule has 5 nitrogen and oxygen atoms in total. The van der Waals surface area contributed by atoms with Gasteiger partial charge in [0.1, 0.15) is 0 Å². The largest absolute Gasteiger partial charge is 0.332 e. The average molecular weight is 415 g/mol. The van der Waals surface area contributed by atoms with Gasteiger partial charge in [0.25, 0.3) is 5.91 Å². The van der Waals surface area contributed by atoms with Crippen molar-refractivity contribution in [1.29, 1.82) is 0 Å². The van der Waals surface area contributed by atoms with Crippen LogP contribution in [0.4, 0.5) is 5.69 Å². The van der Waals surface area contributed by atoms with E-state index in [4.69, 9.17) is 23.2 Å². The number of nitrogens with zero attached hydrogens (tertiary/aromatic N) is 3. The van der Waals surface area contributed by atoms with E-state index in [1.165, 1.54) is 11.8 Å². The molecule has 1 amide bonds. The van der Waals surface area contributed by atoms with E-state index in [0.29, 0.717) is 25.8 Å². The number of hydrogen-bond donors (Lipinski definition) is 1. The number of hydrogen-bond acceptors (Lipinski definition) is 5. The van der Waals surface area contributed by atoms with Crippen molar-refractivity contribution in [2.45, 2.75) is 6.92 Å². The van der Waals surface area contributed by atoms with E-state index in [0.717, 1.165) is 22.3 Å². The van der Waals surface area contributed by atoms with Crippen LogP contribution in [0.25, 0.3) is 17.1 Å². The molecule has 134 valence electrons. The Balaban J connectivity index is 1.59. The summed E-state index contributed by atoms with van der Waals surface area (Å²) in [6.45, 7) is 1.89. The average Bonchev–Trinajstić information content (AvgIpc) is 2.97. The fourth-order valence-corrected chi connectivity index (χ4v) is 3.86. The van der Waals surface area contributed by atoms with Gasteiger partial charge in [0.05, 0.1) is 37.4 Å². The molecule has 4 rings (SSSR count). The molecule has 2 aromatic carbocycles. The molecule has 3 aromatic rings. The Morgan fingerprint density at radius 3 is 2.67 bits per heavy atom. The number of carbonyl (C=O) groups is 1. The van der Waals surface area contributed by atoms with Crippen LogP contribution in [-0.2, 0) is 4.79 Å². The fraction of sp³-hybridized carbons (Fsp3) is 0.0526. The van der Waals surface area contributed by atoms with Crippen molar-refractivity contribution in [1.82, 2.24) is 9.97 Å². The number of aromatic nitrogens is 2. The van der Waals surface area contributed by atoms with Gasteiger partial charge < -0.3 is 5.32 Å². The summed E-state index contributed by atoms with van der Waals surface area (Å²) in [7, 11) is 0. The minimum Gasteiger partial charge on any atom is -0.332 e. The predicted molar refractivity (Wildman–Crippen MR) is 112 cm³/mol. The van der Waals surface area contributed by atoms with Crippen molar-refractivity contribution in [3.8, 4) is 0 Å². The molecule has 0 unspecified atom stereocenters. The number of amides is 1. The predicted octanol–water partition coefficient (Wildman–Crippen LogP) is 5.33. The Morgan fingerprint density at radius 2 is 1.89 bits per heavy atom. The molecule has 0 fully saturated rings. The van der Waals surface area contributed by atoms with Gasteiger partial charge in [-0.25, -0.2) is 4.98 Å². The van der Waals surface area contributed by atoms with Gasteiger partial charge in [-0.3, -0.25) is 9.78 Å². The molecule has 1 aliphatic heterocycles. The highest BCUT2D eigenvalue weighted by atomic mass is 35.5. The van der Waals surface area contributed by atoms with Crippen LogP contribution in [0.15, 0.2) is 52.5 Å². The van der Waals surface area contributed by atoms with Crippen LogP contribution in [0.1, 0.15) is 11.3 Å². The minimum atomic E-state index is -0.318. The molecule has 1 aliphatic rings. The van der Waals surface area contributed by atoms with Gasteiger partial charge in [-0.15, -0.1) is 0 Å². The third-order valence-corrected chi connectivity index (χ3v) is 5.33. The van der Waals surface area contributed by atoms with E-state index < -0.39 is 0 Å². The fourth-order valence-electron chi connectivity index (χ4n) is 2.55. The van der Waals surface area contributed by atoms with Crippen molar-refractivity contribution in [2.75, 3.05) is 5.32 Å². The summed E-state index contributed by atoms with van der Waals surface area (Å²) < 4.78 is 0. The molecular formula is C19H12Cl2N4OS. The monoisotopic (exact) mass is 414 g/mol. The lowest BCUT2D eigenvalue weighted by Crippen LogP contribution is -2.05. The van der Waals surface area contributed by atoms with Gasteiger partial charge in [0, 0.05) is 6.20 Å². The summed E-state index contributed by atoms with van der Waals surface area (Å²) in [6.07, 6.45) is 3.51.